The number of carbonyl (C=O) groups is 1. The standard InChI is InChI=1S/C17H23ClN2O/c18-12-14-5-4-6-15(11-14)17(21)20-10-7-16(13-20)19-8-2-1-3-9-19/h4-6,11,16H,1-3,7-10,12-13H2. The Hall–Kier alpha value is -1.06. The van der Waals surface area contributed by atoms with Crippen LogP contribution in [0, 0.1) is 0 Å². The molecule has 21 heavy (non-hydrogen) atoms. The molecule has 3 rings (SSSR count). The van der Waals surface area contributed by atoms with Crippen molar-refractivity contribution >= 4 is 17.5 Å². The van der Waals surface area contributed by atoms with Gasteiger partial charge in [-0.05, 0) is 50.0 Å². The van der Waals surface area contributed by atoms with Crippen LogP contribution in [0.3, 0.4) is 0 Å². The zero-order valence-electron chi connectivity index (χ0n) is 12.4. The first-order chi connectivity index (χ1) is 10.3. The number of hydrogen-bond acceptors (Lipinski definition) is 2. The first-order valence-electron chi connectivity index (χ1n) is 7.96. The van der Waals surface area contributed by atoms with Gasteiger partial charge in [0.1, 0.15) is 0 Å². The summed E-state index contributed by atoms with van der Waals surface area (Å²) in [5.41, 5.74) is 1.78. The Labute approximate surface area is 131 Å². The van der Waals surface area contributed by atoms with Crippen LogP contribution in [0.25, 0.3) is 0 Å². The van der Waals surface area contributed by atoms with Crippen LogP contribution in [0.15, 0.2) is 24.3 Å². The smallest absolute Gasteiger partial charge is 0.253 e. The predicted molar refractivity (Wildman–Crippen MR) is 85.7 cm³/mol. The molecule has 4 heteroatoms. The Morgan fingerprint density at radius 2 is 2.00 bits per heavy atom. The van der Waals surface area contributed by atoms with Gasteiger partial charge in [0.05, 0.1) is 0 Å². The van der Waals surface area contributed by atoms with E-state index in [-0.39, 0.29) is 5.91 Å². The maximum Gasteiger partial charge on any atom is 0.253 e. The number of likely N-dealkylation sites (tertiary alicyclic amines) is 2. The number of nitrogens with zero attached hydrogens (tertiary/aromatic N) is 2. The lowest BCUT2D eigenvalue weighted by molar-refractivity contribution is 0.0771. The lowest BCUT2D eigenvalue weighted by Gasteiger charge is -2.32. The van der Waals surface area contributed by atoms with Gasteiger partial charge in [0.15, 0.2) is 0 Å². The van der Waals surface area contributed by atoms with E-state index in [0.29, 0.717) is 11.9 Å². The third-order valence-electron chi connectivity index (χ3n) is 4.69. The Kier molecular flexibility index (Phi) is 4.81. The molecule has 2 aliphatic rings. The number of rotatable bonds is 3. The predicted octanol–water partition coefficient (Wildman–Crippen LogP) is 3.13. The highest BCUT2D eigenvalue weighted by molar-refractivity contribution is 6.17. The normalized spacial score (nSPS) is 23.5. The molecule has 114 valence electrons. The largest absolute Gasteiger partial charge is 0.337 e. The Morgan fingerprint density at radius 1 is 1.19 bits per heavy atom. The molecule has 0 N–H and O–H groups in total. The molecule has 3 nitrogen and oxygen atoms in total. The first-order valence-corrected chi connectivity index (χ1v) is 8.49. The van der Waals surface area contributed by atoms with E-state index in [1.54, 1.807) is 0 Å². The van der Waals surface area contributed by atoms with Gasteiger partial charge in [-0.3, -0.25) is 9.69 Å². The average molecular weight is 307 g/mol. The molecular formula is C17H23ClN2O. The SMILES string of the molecule is O=C(c1cccc(CCl)c1)N1CCC(N2CCCCC2)C1. The van der Waals surface area contributed by atoms with E-state index in [4.69, 9.17) is 11.6 Å². The second kappa shape index (κ2) is 6.80. The van der Waals surface area contributed by atoms with Crippen LogP contribution in [-0.4, -0.2) is 47.9 Å². The van der Waals surface area contributed by atoms with Crippen molar-refractivity contribution in [1.82, 2.24) is 9.80 Å². The molecule has 2 heterocycles. The fourth-order valence-electron chi connectivity index (χ4n) is 3.48. The summed E-state index contributed by atoms with van der Waals surface area (Å²) in [5, 5.41) is 0. The van der Waals surface area contributed by atoms with Crippen LogP contribution in [0.1, 0.15) is 41.6 Å². The van der Waals surface area contributed by atoms with Crippen LogP contribution in [0.4, 0.5) is 0 Å². The summed E-state index contributed by atoms with van der Waals surface area (Å²) in [6.07, 6.45) is 5.09. The highest BCUT2D eigenvalue weighted by Gasteiger charge is 2.31. The van der Waals surface area contributed by atoms with Crippen LogP contribution >= 0.6 is 11.6 Å². The van der Waals surface area contributed by atoms with Crippen molar-refractivity contribution in [3.8, 4) is 0 Å². The van der Waals surface area contributed by atoms with Gasteiger partial charge in [0, 0.05) is 30.6 Å². The van der Waals surface area contributed by atoms with E-state index in [0.717, 1.165) is 30.6 Å². The highest BCUT2D eigenvalue weighted by atomic mass is 35.5. The zero-order chi connectivity index (χ0) is 14.7. The minimum atomic E-state index is 0.154. The Morgan fingerprint density at radius 3 is 2.76 bits per heavy atom. The fourth-order valence-corrected chi connectivity index (χ4v) is 3.64. The maximum atomic E-state index is 12.6. The summed E-state index contributed by atoms with van der Waals surface area (Å²) in [7, 11) is 0. The van der Waals surface area contributed by atoms with Gasteiger partial charge in [-0.25, -0.2) is 0 Å². The van der Waals surface area contributed by atoms with Crippen LogP contribution < -0.4 is 0 Å². The molecule has 0 radical (unpaired) electrons. The second-order valence-corrected chi connectivity index (χ2v) is 6.39. The van der Waals surface area contributed by atoms with Gasteiger partial charge in [-0.15, -0.1) is 11.6 Å². The number of carbonyl (C=O) groups excluding carboxylic acids is 1. The molecule has 2 saturated heterocycles. The zero-order valence-corrected chi connectivity index (χ0v) is 13.2. The molecule has 1 aromatic carbocycles. The van der Waals surface area contributed by atoms with Crippen molar-refractivity contribution in [2.24, 2.45) is 0 Å². The molecule has 0 aliphatic carbocycles. The van der Waals surface area contributed by atoms with Crippen molar-refractivity contribution < 1.29 is 4.79 Å². The van der Waals surface area contributed by atoms with E-state index in [1.165, 1.54) is 32.4 Å². The van der Waals surface area contributed by atoms with E-state index in [9.17, 15) is 4.79 Å². The van der Waals surface area contributed by atoms with Gasteiger partial charge in [-0.1, -0.05) is 18.6 Å². The van der Waals surface area contributed by atoms with Crippen molar-refractivity contribution in [3.63, 3.8) is 0 Å². The van der Waals surface area contributed by atoms with Gasteiger partial charge >= 0.3 is 0 Å². The fraction of sp³-hybridized carbons (Fsp3) is 0.588. The minimum Gasteiger partial charge on any atom is -0.337 e. The second-order valence-electron chi connectivity index (χ2n) is 6.12. The molecular weight excluding hydrogens is 284 g/mol. The summed E-state index contributed by atoms with van der Waals surface area (Å²) >= 11 is 5.86. The van der Waals surface area contributed by atoms with E-state index >= 15 is 0 Å². The minimum absolute atomic E-state index is 0.154. The third-order valence-corrected chi connectivity index (χ3v) is 4.99. The van der Waals surface area contributed by atoms with Crippen molar-refractivity contribution in [2.75, 3.05) is 26.2 Å². The monoisotopic (exact) mass is 306 g/mol. The molecule has 2 aliphatic heterocycles. The summed E-state index contributed by atoms with van der Waals surface area (Å²) in [6.45, 7) is 4.16. The molecule has 2 fully saturated rings. The van der Waals surface area contributed by atoms with Gasteiger partial charge in [0.2, 0.25) is 0 Å². The number of alkyl halides is 1. The molecule has 1 aromatic rings. The number of benzene rings is 1. The molecule has 1 amide bonds. The number of piperidine rings is 1. The summed E-state index contributed by atoms with van der Waals surface area (Å²) in [4.78, 5) is 17.2. The molecule has 0 bridgehead atoms. The Balaban J connectivity index is 1.63. The van der Waals surface area contributed by atoms with Crippen LogP contribution in [0.2, 0.25) is 0 Å². The van der Waals surface area contributed by atoms with Gasteiger partial charge < -0.3 is 4.90 Å². The summed E-state index contributed by atoms with van der Waals surface area (Å²) in [5.74, 6) is 0.610. The topological polar surface area (TPSA) is 23.6 Å². The van der Waals surface area contributed by atoms with Crippen molar-refractivity contribution in [3.05, 3.63) is 35.4 Å². The average Bonchev–Trinajstić information content (AvgIpc) is 3.05. The molecule has 1 unspecified atom stereocenters. The Bertz CT molecular complexity index is 499. The quantitative estimate of drug-likeness (QED) is 0.801. The van der Waals surface area contributed by atoms with Crippen molar-refractivity contribution in [2.45, 2.75) is 37.6 Å². The molecule has 0 saturated carbocycles. The van der Waals surface area contributed by atoms with Gasteiger partial charge in [0.25, 0.3) is 5.91 Å². The first kappa shape index (κ1) is 14.9. The molecule has 1 atom stereocenters. The number of hydrogen-bond donors (Lipinski definition) is 0. The lowest BCUT2D eigenvalue weighted by atomic mass is 10.1. The molecule has 0 aromatic heterocycles. The summed E-state index contributed by atoms with van der Waals surface area (Å²) < 4.78 is 0. The number of amides is 1. The number of halogens is 1. The maximum absolute atomic E-state index is 12.6. The third kappa shape index (κ3) is 3.41. The van der Waals surface area contributed by atoms with Crippen molar-refractivity contribution in [1.29, 1.82) is 0 Å². The summed E-state index contributed by atoms with van der Waals surface area (Å²) in [6, 6.07) is 8.26. The molecule has 0 spiro atoms. The van der Waals surface area contributed by atoms with Crippen LogP contribution in [0.5, 0.6) is 0 Å². The highest BCUT2D eigenvalue weighted by Crippen LogP contribution is 2.22. The van der Waals surface area contributed by atoms with E-state index in [2.05, 4.69) is 4.90 Å². The lowest BCUT2D eigenvalue weighted by Crippen LogP contribution is -2.41. The van der Waals surface area contributed by atoms with E-state index < -0.39 is 0 Å². The van der Waals surface area contributed by atoms with Gasteiger partial charge in [-0.2, -0.15) is 0 Å². The van der Waals surface area contributed by atoms with E-state index in [1.807, 2.05) is 29.2 Å². The van der Waals surface area contributed by atoms with Crippen LogP contribution in [-0.2, 0) is 5.88 Å².